The van der Waals surface area contributed by atoms with Crippen molar-refractivity contribution in [2.45, 2.75) is 12.8 Å². The fourth-order valence-corrected chi connectivity index (χ4v) is 3.03. The number of aromatic nitrogens is 2. The SMILES string of the molecule is O=C(Nc1nncs1)[C@@H]1CCCN(C(=O)c2ccc(F)cc2)C1. The van der Waals surface area contributed by atoms with Gasteiger partial charge in [0.2, 0.25) is 11.0 Å². The number of carbonyl (C=O) groups is 2. The quantitative estimate of drug-likeness (QED) is 0.933. The number of nitrogens with one attached hydrogen (secondary N) is 1. The second kappa shape index (κ2) is 6.82. The Labute approximate surface area is 136 Å². The lowest BCUT2D eigenvalue weighted by Crippen LogP contribution is -2.43. The maximum absolute atomic E-state index is 13.0. The molecule has 1 N–H and O–H groups in total. The van der Waals surface area contributed by atoms with Gasteiger partial charge in [0, 0.05) is 18.7 Å². The van der Waals surface area contributed by atoms with Gasteiger partial charge in [0.25, 0.3) is 5.91 Å². The number of anilines is 1. The summed E-state index contributed by atoms with van der Waals surface area (Å²) in [5, 5.41) is 10.6. The highest BCUT2D eigenvalue weighted by Crippen LogP contribution is 2.21. The van der Waals surface area contributed by atoms with Crippen LogP contribution < -0.4 is 5.32 Å². The van der Waals surface area contributed by atoms with E-state index >= 15 is 0 Å². The third-order valence-corrected chi connectivity index (χ3v) is 4.37. The van der Waals surface area contributed by atoms with E-state index in [1.54, 1.807) is 10.4 Å². The standard InChI is InChI=1S/C15H15FN4O2S/c16-12-5-3-10(4-6-12)14(22)20-7-1-2-11(8-20)13(21)18-15-19-17-9-23-15/h3-6,9,11H,1-2,7-8H2,(H,18,19,21)/t11-/m1/s1. The number of piperidine rings is 1. The molecular weight excluding hydrogens is 319 g/mol. The third-order valence-electron chi connectivity index (χ3n) is 3.76. The van der Waals surface area contributed by atoms with Crippen molar-refractivity contribution in [2.75, 3.05) is 18.4 Å². The topological polar surface area (TPSA) is 75.2 Å². The Hall–Kier alpha value is -2.35. The average molecular weight is 334 g/mol. The zero-order chi connectivity index (χ0) is 16.2. The summed E-state index contributed by atoms with van der Waals surface area (Å²) in [6.07, 6.45) is 1.47. The van der Waals surface area contributed by atoms with E-state index in [-0.39, 0.29) is 23.5 Å². The Morgan fingerprint density at radius 2 is 2.09 bits per heavy atom. The van der Waals surface area contributed by atoms with Crippen molar-refractivity contribution in [1.29, 1.82) is 0 Å². The molecule has 2 aromatic rings. The van der Waals surface area contributed by atoms with Crippen LogP contribution in [0.25, 0.3) is 0 Å². The van der Waals surface area contributed by atoms with Crippen LogP contribution in [0.5, 0.6) is 0 Å². The van der Waals surface area contributed by atoms with Crippen LogP contribution in [0.1, 0.15) is 23.2 Å². The Balaban J connectivity index is 1.64. The molecule has 2 amide bonds. The largest absolute Gasteiger partial charge is 0.338 e. The molecule has 1 fully saturated rings. The molecular formula is C15H15FN4O2S. The summed E-state index contributed by atoms with van der Waals surface area (Å²) in [5.41, 5.74) is 1.97. The van der Waals surface area contributed by atoms with Crippen molar-refractivity contribution in [1.82, 2.24) is 15.1 Å². The normalized spacial score (nSPS) is 17.8. The highest BCUT2D eigenvalue weighted by molar-refractivity contribution is 7.13. The average Bonchev–Trinajstić information content (AvgIpc) is 3.08. The summed E-state index contributed by atoms with van der Waals surface area (Å²) >= 11 is 1.25. The second-order valence-electron chi connectivity index (χ2n) is 5.33. The van der Waals surface area contributed by atoms with Gasteiger partial charge < -0.3 is 10.2 Å². The highest BCUT2D eigenvalue weighted by atomic mass is 32.1. The molecule has 0 spiro atoms. The molecule has 1 aliphatic rings. The molecule has 0 aliphatic carbocycles. The number of carbonyl (C=O) groups excluding carboxylic acids is 2. The number of rotatable bonds is 3. The Morgan fingerprint density at radius 1 is 1.30 bits per heavy atom. The van der Waals surface area contributed by atoms with Crippen molar-refractivity contribution in [3.8, 4) is 0 Å². The number of amides is 2. The zero-order valence-electron chi connectivity index (χ0n) is 12.2. The monoisotopic (exact) mass is 334 g/mol. The minimum absolute atomic E-state index is 0.154. The van der Waals surface area contributed by atoms with E-state index in [2.05, 4.69) is 15.5 Å². The van der Waals surface area contributed by atoms with Gasteiger partial charge in [0.15, 0.2) is 0 Å². The lowest BCUT2D eigenvalue weighted by atomic mass is 9.96. The van der Waals surface area contributed by atoms with Crippen molar-refractivity contribution in [3.63, 3.8) is 0 Å². The van der Waals surface area contributed by atoms with E-state index in [1.807, 2.05) is 0 Å². The van der Waals surface area contributed by atoms with Crippen LogP contribution in [0.4, 0.5) is 9.52 Å². The highest BCUT2D eigenvalue weighted by Gasteiger charge is 2.29. The fourth-order valence-electron chi connectivity index (χ4n) is 2.59. The number of hydrogen-bond donors (Lipinski definition) is 1. The van der Waals surface area contributed by atoms with Gasteiger partial charge in [0.1, 0.15) is 11.3 Å². The van der Waals surface area contributed by atoms with E-state index < -0.39 is 0 Å². The first-order chi connectivity index (χ1) is 11.1. The van der Waals surface area contributed by atoms with Crippen LogP contribution in [0, 0.1) is 11.7 Å². The van der Waals surface area contributed by atoms with E-state index in [0.29, 0.717) is 23.8 Å². The Morgan fingerprint density at radius 3 is 2.78 bits per heavy atom. The summed E-state index contributed by atoms with van der Waals surface area (Å²) < 4.78 is 13.0. The molecule has 0 saturated carbocycles. The summed E-state index contributed by atoms with van der Waals surface area (Å²) in [6.45, 7) is 0.944. The van der Waals surface area contributed by atoms with Gasteiger partial charge in [-0.2, -0.15) is 0 Å². The molecule has 0 radical (unpaired) electrons. The summed E-state index contributed by atoms with van der Waals surface area (Å²) in [6, 6.07) is 5.44. The summed E-state index contributed by atoms with van der Waals surface area (Å²) in [5.74, 6) is -0.997. The van der Waals surface area contributed by atoms with Crippen molar-refractivity contribution in [2.24, 2.45) is 5.92 Å². The molecule has 0 unspecified atom stereocenters. The summed E-state index contributed by atoms with van der Waals surface area (Å²) in [7, 11) is 0. The van der Waals surface area contributed by atoms with Gasteiger partial charge >= 0.3 is 0 Å². The molecule has 1 atom stereocenters. The molecule has 8 heteroatoms. The van der Waals surface area contributed by atoms with E-state index in [4.69, 9.17) is 0 Å². The van der Waals surface area contributed by atoms with Gasteiger partial charge in [-0.1, -0.05) is 11.3 Å². The van der Waals surface area contributed by atoms with Gasteiger partial charge in [-0.05, 0) is 37.1 Å². The first kappa shape index (κ1) is 15.5. The Kier molecular flexibility index (Phi) is 4.61. The predicted molar refractivity (Wildman–Crippen MR) is 83.6 cm³/mol. The van der Waals surface area contributed by atoms with Crippen LogP contribution in [-0.4, -0.2) is 40.0 Å². The van der Waals surface area contributed by atoms with E-state index in [9.17, 15) is 14.0 Å². The van der Waals surface area contributed by atoms with Crippen LogP contribution in [0.3, 0.4) is 0 Å². The van der Waals surface area contributed by atoms with Gasteiger partial charge in [-0.15, -0.1) is 10.2 Å². The fraction of sp³-hybridized carbons (Fsp3) is 0.333. The first-order valence-electron chi connectivity index (χ1n) is 7.25. The van der Waals surface area contributed by atoms with Crippen LogP contribution >= 0.6 is 11.3 Å². The molecule has 23 heavy (non-hydrogen) atoms. The molecule has 0 bridgehead atoms. The van der Waals surface area contributed by atoms with Crippen LogP contribution in [0.15, 0.2) is 29.8 Å². The van der Waals surface area contributed by atoms with Crippen LogP contribution in [0.2, 0.25) is 0 Å². The molecule has 1 aliphatic heterocycles. The number of benzene rings is 1. The van der Waals surface area contributed by atoms with Gasteiger partial charge in [-0.3, -0.25) is 9.59 Å². The third kappa shape index (κ3) is 3.70. The maximum atomic E-state index is 13.0. The zero-order valence-corrected chi connectivity index (χ0v) is 13.1. The second-order valence-corrected chi connectivity index (χ2v) is 6.16. The van der Waals surface area contributed by atoms with E-state index in [0.717, 1.165) is 12.8 Å². The van der Waals surface area contributed by atoms with Gasteiger partial charge in [-0.25, -0.2) is 4.39 Å². The van der Waals surface area contributed by atoms with Crippen molar-refractivity contribution >= 4 is 28.3 Å². The predicted octanol–water partition coefficient (Wildman–Crippen LogP) is 2.17. The number of likely N-dealkylation sites (tertiary alicyclic amines) is 1. The summed E-state index contributed by atoms with van der Waals surface area (Å²) in [4.78, 5) is 26.3. The van der Waals surface area contributed by atoms with Crippen molar-refractivity contribution in [3.05, 3.63) is 41.2 Å². The van der Waals surface area contributed by atoms with Crippen LogP contribution in [-0.2, 0) is 4.79 Å². The maximum Gasteiger partial charge on any atom is 0.253 e. The van der Waals surface area contributed by atoms with Gasteiger partial charge in [0.05, 0.1) is 5.92 Å². The lowest BCUT2D eigenvalue weighted by Gasteiger charge is -2.32. The smallest absolute Gasteiger partial charge is 0.253 e. The number of halogens is 1. The minimum Gasteiger partial charge on any atom is -0.338 e. The number of nitrogens with zero attached hydrogens (tertiary/aromatic N) is 3. The minimum atomic E-state index is -0.380. The molecule has 120 valence electrons. The molecule has 3 rings (SSSR count). The van der Waals surface area contributed by atoms with Crippen molar-refractivity contribution < 1.29 is 14.0 Å². The molecule has 1 aromatic heterocycles. The van der Waals surface area contributed by atoms with E-state index in [1.165, 1.54) is 35.6 Å². The molecule has 2 heterocycles. The Bertz CT molecular complexity index is 690. The molecule has 1 saturated heterocycles. The molecule has 6 nitrogen and oxygen atoms in total. The lowest BCUT2D eigenvalue weighted by molar-refractivity contribution is -0.121. The first-order valence-corrected chi connectivity index (χ1v) is 8.13. The number of hydrogen-bond acceptors (Lipinski definition) is 5. The molecule has 1 aromatic carbocycles.